The molecule has 0 unspecified atom stereocenters. The third-order valence-electron chi connectivity index (χ3n) is 2.67. The molecule has 0 aliphatic heterocycles. The molecule has 0 amide bonds. The summed E-state index contributed by atoms with van der Waals surface area (Å²) in [6.45, 7) is 1.77. The van der Waals surface area contributed by atoms with Gasteiger partial charge in [-0.15, -0.1) is 20.4 Å². The molecule has 0 atom stereocenters. The Labute approximate surface area is 119 Å². The molecule has 0 bridgehead atoms. The topological polar surface area (TPSA) is 82.5 Å². The lowest BCUT2D eigenvalue weighted by molar-refractivity contribution is 0.485. The Morgan fingerprint density at radius 3 is 2.65 bits per heavy atom. The molecular weight excluding hydrogens is 276 g/mol. The lowest BCUT2D eigenvalue weighted by Gasteiger charge is -2.02. The summed E-state index contributed by atoms with van der Waals surface area (Å²) in [4.78, 5) is 4.00. The number of hydrogen-bond acceptors (Lipinski definition) is 7. The van der Waals surface area contributed by atoms with E-state index >= 15 is 0 Å². The van der Waals surface area contributed by atoms with Crippen molar-refractivity contribution in [2.24, 2.45) is 7.05 Å². The van der Waals surface area contributed by atoms with Crippen molar-refractivity contribution in [2.75, 3.05) is 0 Å². The SMILES string of the molecule is Cc1nnc(CSc2nnc(-c3ccncc3)n2C)o1. The average Bonchev–Trinajstić information content (AvgIpc) is 3.04. The quantitative estimate of drug-likeness (QED) is 0.677. The highest BCUT2D eigenvalue weighted by Crippen LogP contribution is 2.24. The van der Waals surface area contributed by atoms with Crippen LogP contribution in [0.3, 0.4) is 0 Å². The van der Waals surface area contributed by atoms with Crippen LogP contribution in [-0.4, -0.2) is 29.9 Å². The van der Waals surface area contributed by atoms with Crippen LogP contribution in [0.4, 0.5) is 0 Å². The molecule has 0 saturated carbocycles. The summed E-state index contributed by atoms with van der Waals surface area (Å²) in [6.07, 6.45) is 3.47. The minimum absolute atomic E-state index is 0.566. The fourth-order valence-corrected chi connectivity index (χ4v) is 2.46. The van der Waals surface area contributed by atoms with Gasteiger partial charge in [-0.2, -0.15) is 0 Å². The largest absolute Gasteiger partial charge is 0.425 e. The van der Waals surface area contributed by atoms with E-state index in [0.717, 1.165) is 16.5 Å². The van der Waals surface area contributed by atoms with Crippen LogP contribution in [0.5, 0.6) is 0 Å². The first-order valence-corrected chi connectivity index (χ1v) is 6.94. The summed E-state index contributed by atoms with van der Waals surface area (Å²) in [7, 11) is 1.93. The van der Waals surface area contributed by atoms with Crippen LogP contribution in [0.2, 0.25) is 0 Å². The molecule has 3 rings (SSSR count). The van der Waals surface area contributed by atoms with Crippen molar-refractivity contribution in [1.29, 1.82) is 0 Å². The van der Waals surface area contributed by atoms with Crippen molar-refractivity contribution >= 4 is 11.8 Å². The zero-order valence-electron chi connectivity index (χ0n) is 11.0. The summed E-state index contributed by atoms with van der Waals surface area (Å²) in [5, 5.41) is 16.9. The van der Waals surface area contributed by atoms with Crippen molar-refractivity contribution in [3.63, 3.8) is 0 Å². The van der Waals surface area contributed by atoms with Crippen LogP contribution < -0.4 is 0 Å². The predicted molar refractivity (Wildman–Crippen MR) is 72.8 cm³/mol. The van der Waals surface area contributed by atoms with Gasteiger partial charge in [-0.1, -0.05) is 11.8 Å². The van der Waals surface area contributed by atoms with E-state index in [1.807, 2.05) is 23.7 Å². The molecule has 7 nitrogen and oxygen atoms in total. The van der Waals surface area contributed by atoms with Crippen LogP contribution in [0.15, 0.2) is 34.1 Å². The Morgan fingerprint density at radius 2 is 1.95 bits per heavy atom. The summed E-state index contributed by atoms with van der Waals surface area (Å²) in [6, 6.07) is 3.81. The van der Waals surface area contributed by atoms with Crippen LogP contribution in [-0.2, 0) is 12.8 Å². The van der Waals surface area contributed by atoms with E-state index in [4.69, 9.17) is 4.42 Å². The highest BCUT2D eigenvalue weighted by molar-refractivity contribution is 7.98. The van der Waals surface area contributed by atoms with E-state index in [-0.39, 0.29) is 0 Å². The molecule has 0 saturated heterocycles. The molecule has 0 aliphatic rings. The highest BCUT2D eigenvalue weighted by Gasteiger charge is 2.12. The minimum atomic E-state index is 0.566. The van der Waals surface area contributed by atoms with Gasteiger partial charge >= 0.3 is 0 Å². The summed E-state index contributed by atoms with van der Waals surface area (Å²) in [5.74, 6) is 2.52. The number of hydrogen-bond donors (Lipinski definition) is 0. The van der Waals surface area contributed by atoms with E-state index in [1.165, 1.54) is 11.8 Å². The average molecular weight is 288 g/mol. The molecule has 102 valence electrons. The van der Waals surface area contributed by atoms with Gasteiger partial charge in [0, 0.05) is 31.9 Å². The maximum absolute atomic E-state index is 5.33. The van der Waals surface area contributed by atoms with Gasteiger partial charge in [-0.05, 0) is 12.1 Å². The fraction of sp³-hybridized carbons (Fsp3) is 0.250. The molecule has 0 aromatic carbocycles. The molecular formula is C12H12N6OS. The monoisotopic (exact) mass is 288 g/mol. The summed E-state index contributed by atoms with van der Waals surface area (Å²) in [5.41, 5.74) is 0.982. The molecule has 3 aromatic rings. The lowest BCUT2D eigenvalue weighted by Crippen LogP contribution is -1.95. The molecule has 0 fully saturated rings. The molecule has 3 aromatic heterocycles. The third-order valence-corrected chi connectivity index (χ3v) is 3.67. The second-order valence-corrected chi connectivity index (χ2v) is 5.05. The van der Waals surface area contributed by atoms with Crippen molar-refractivity contribution in [3.8, 4) is 11.4 Å². The van der Waals surface area contributed by atoms with Crippen molar-refractivity contribution in [3.05, 3.63) is 36.3 Å². The first-order chi connectivity index (χ1) is 9.74. The van der Waals surface area contributed by atoms with Gasteiger partial charge in [0.05, 0.1) is 5.75 Å². The van der Waals surface area contributed by atoms with Gasteiger partial charge in [0.25, 0.3) is 0 Å². The van der Waals surface area contributed by atoms with E-state index < -0.39 is 0 Å². The van der Waals surface area contributed by atoms with Crippen molar-refractivity contribution < 1.29 is 4.42 Å². The summed E-state index contributed by atoms with van der Waals surface area (Å²) < 4.78 is 7.26. The second kappa shape index (κ2) is 5.41. The van der Waals surface area contributed by atoms with E-state index in [0.29, 0.717) is 17.5 Å². The Morgan fingerprint density at radius 1 is 1.15 bits per heavy atom. The van der Waals surface area contributed by atoms with Gasteiger partial charge in [0.1, 0.15) is 0 Å². The smallest absolute Gasteiger partial charge is 0.226 e. The van der Waals surface area contributed by atoms with Crippen molar-refractivity contribution in [1.82, 2.24) is 29.9 Å². The fourth-order valence-electron chi connectivity index (χ4n) is 1.72. The number of thioether (sulfide) groups is 1. The van der Waals surface area contributed by atoms with E-state index in [2.05, 4.69) is 25.4 Å². The lowest BCUT2D eigenvalue weighted by atomic mass is 10.2. The first kappa shape index (κ1) is 12.8. The number of aryl methyl sites for hydroxylation is 1. The number of rotatable bonds is 4. The normalized spacial score (nSPS) is 10.9. The maximum atomic E-state index is 5.33. The molecule has 0 aliphatic carbocycles. The Bertz CT molecular complexity index is 708. The standard InChI is InChI=1S/C12H12N6OS/c1-8-14-15-10(19-8)7-20-12-17-16-11(18(12)2)9-3-5-13-6-4-9/h3-6H,7H2,1-2H3. The highest BCUT2D eigenvalue weighted by atomic mass is 32.2. The molecule has 0 spiro atoms. The summed E-state index contributed by atoms with van der Waals surface area (Å²) >= 11 is 1.51. The van der Waals surface area contributed by atoms with Gasteiger partial charge in [-0.3, -0.25) is 4.98 Å². The molecule has 8 heteroatoms. The minimum Gasteiger partial charge on any atom is -0.425 e. The van der Waals surface area contributed by atoms with Crippen LogP contribution in [0, 0.1) is 6.92 Å². The van der Waals surface area contributed by atoms with Gasteiger partial charge in [-0.25, -0.2) is 0 Å². The molecule has 20 heavy (non-hydrogen) atoms. The van der Waals surface area contributed by atoms with Crippen LogP contribution in [0.25, 0.3) is 11.4 Å². The number of pyridine rings is 1. The van der Waals surface area contributed by atoms with Crippen molar-refractivity contribution in [2.45, 2.75) is 17.8 Å². The Kier molecular flexibility index (Phi) is 3.46. The zero-order valence-corrected chi connectivity index (χ0v) is 11.8. The van der Waals surface area contributed by atoms with Gasteiger partial charge in [0.15, 0.2) is 11.0 Å². The van der Waals surface area contributed by atoms with Gasteiger partial charge < -0.3 is 8.98 Å². The molecule has 0 N–H and O–H groups in total. The van der Waals surface area contributed by atoms with Crippen LogP contribution in [0.1, 0.15) is 11.8 Å². The Balaban J connectivity index is 1.77. The molecule has 3 heterocycles. The maximum Gasteiger partial charge on any atom is 0.226 e. The molecule has 0 radical (unpaired) electrons. The Hall–Kier alpha value is -2.22. The number of nitrogens with zero attached hydrogens (tertiary/aromatic N) is 6. The first-order valence-electron chi connectivity index (χ1n) is 5.95. The predicted octanol–water partition coefficient (Wildman–Crippen LogP) is 1.86. The van der Waals surface area contributed by atoms with E-state index in [1.54, 1.807) is 19.3 Å². The van der Waals surface area contributed by atoms with E-state index in [9.17, 15) is 0 Å². The second-order valence-electron chi connectivity index (χ2n) is 4.10. The third kappa shape index (κ3) is 2.55. The number of aromatic nitrogens is 6. The van der Waals surface area contributed by atoms with Crippen LogP contribution >= 0.6 is 11.8 Å². The van der Waals surface area contributed by atoms with Gasteiger partial charge in [0.2, 0.25) is 11.8 Å². The zero-order chi connectivity index (χ0) is 13.9.